The number of anilines is 1. The second kappa shape index (κ2) is 9.34. The molecular weight excluding hydrogens is 498 g/mol. The molecule has 0 spiro atoms. The number of aryl methyl sites for hydroxylation is 1. The Hall–Kier alpha value is -2.64. The van der Waals surface area contributed by atoms with E-state index in [0.29, 0.717) is 32.1 Å². The molecule has 5 heterocycles. The molecule has 0 N–H and O–H groups in total. The first-order chi connectivity index (χ1) is 17.4. The number of sulfonamides is 1. The maximum absolute atomic E-state index is 11.9. The summed E-state index contributed by atoms with van der Waals surface area (Å²) < 4.78 is 33.8. The van der Waals surface area contributed by atoms with Crippen LogP contribution in [0.4, 0.5) is 5.82 Å². The minimum Gasteiger partial charge on any atom is -0.378 e. The molecule has 0 saturated carbocycles. The lowest BCUT2D eigenvalue weighted by molar-refractivity contribution is 0.122. The normalized spacial score (nSPS) is 18.4. The maximum Gasteiger partial charge on any atom is 0.211 e. The van der Waals surface area contributed by atoms with Gasteiger partial charge in [0.25, 0.3) is 0 Å². The van der Waals surface area contributed by atoms with Gasteiger partial charge < -0.3 is 9.64 Å². The minimum absolute atomic E-state index is 0.530. The van der Waals surface area contributed by atoms with Crippen LogP contribution in [0.5, 0.6) is 0 Å². The first kappa shape index (κ1) is 23.7. The number of nitrogens with zero attached hydrogens (tertiary/aromatic N) is 7. The molecule has 0 aliphatic carbocycles. The van der Waals surface area contributed by atoms with Crippen molar-refractivity contribution in [3.63, 3.8) is 0 Å². The molecule has 2 saturated heterocycles. The molecule has 12 heteroatoms. The number of benzene rings is 1. The predicted octanol–water partition coefficient (Wildman–Crippen LogP) is 2.16. The molecule has 10 nitrogen and oxygen atoms in total. The second-order valence-corrected chi connectivity index (χ2v) is 12.5. The van der Waals surface area contributed by atoms with Crippen molar-refractivity contribution in [3.05, 3.63) is 35.3 Å². The number of hydrogen-bond donors (Lipinski definition) is 0. The summed E-state index contributed by atoms with van der Waals surface area (Å²) in [7, 11) is -1.20. The van der Waals surface area contributed by atoms with Crippen LogP contribution in [-0.4, -0.2) is 96.1 Å². The Kier molecular flexibility index (Phi) is 6.16. The molecule has 0 amide bonds. The lowest BCUT2D eigenvalue weighted by atomic mass is 10.1. The highest BCUT2D eigenvalue weighted by Gasteiger charge is 2.25. The average Bonchev–Trinajstić information content (AvgIpc) is 3.46. The molecule has 1 aromatic carbocycles. The summed E-state index contributed by atoms with van der Waals surface area (Å²) in [6.45, 7) is 6.23. The van der Waals surface area contributed by atoms with Crippen LogP contribution in [0, 0.1) is 0 Å². The van der Waals surface area contributed by atoms with Gasteiger partial charge in [-0.2, -0.15) is 9.40 Å². The number of aromatic nitrogens is 4. The summed E-state index contributed by atoms with van der Waals surface area (Å²) in [4.78, 5) is 15.9. The van der Waals surface area contributed by atoms with Crippen molar-refractivity contribution in [1.82, 2.24) is 29.0 Å². The van der Waals surface area contributed by atoms with Gasteiger partial charge in [0.05, 0.1) is 41.4 Å². The largest absolute Gasteiger partial charge is 0.378 e. The van der Waals surface area contributed by atoms with Crippen molar-refractivity contribution >= 4 is 48.3 Å². The van der Waals surface area contributed by atoms with E-state index in [0.717, 1.165) is 65.2 Å². The van der Waals surface area contributed by atoms with Gasteiger partial charge in [-0.05, 0) is 12.1 Å². The molecule has 0 unspecified atom stereocenters. The zero-order valence-corrected chi connectivity index (χ0v) is 22.1. The van der Waals surface area contributed by atoms with Crippen LogP contribution >= 0.6 is 11.3 Å². The van der Waals surface area contributed by atoms with Crippen LogP contribution in [0.1, 0.15) is 4.88 Å². The van der Waals surface area contributed by atoms with Crippen molar-refractivity contribution < 1.29 is 13.2 Å². The van der Waals surface area contributed by atoms with Crippen LogP contribution in [-0.2, 0) is 28.4 Å². The molecule has 190 valence electrons. The van der Waals surface area contributed by atoms with Gasteiger partial charge in [-0.25, -0.2) is 18.4 Å². The number of morpholine rings is 1. The van der Waals surface area contributed by atoms with Gasteiger partial charge in [-0.3, -0.25) is 9.58 Å². The van der Waals surface area contributed by atoms with Gasteiger partial charge in [-0.15, -0.1) is 11.3 Å². The molecule has 2 fully saturated rings. The quantitative estimate of drug-likeness (QED) is 0.390. The Balaban J connectivity index is 1.37. The van der Waals surface area contributed by atoms with Gasteiger partial charge >= 0.3 is 0 Å². The van der Waals surface area contributed by atoms with E-state index in [2.05, 4.69) is 33.1 Å². The van der Waals surface area contributed by atoms with Crippen molar-refractivity contribution in [2.45, 2.75) is 6.54 Å². The maximum atomic E-state index is 11.9. The third-order valence-electron chi connectivity index (χ3n) is 6.93. The lowest BCUT2D eigenvalue weighted by Crippen LogP contribution is -2.47. The molecule has 0 radical (unpaired) electrons. The first-order valence-electron chi connectivity index (χ1n) is 12.1. The summed E-state index contributed by atoms with van der Waals surface area (Å²) >= 11 is 1.73. The Morgan fingerprint density at radius 3 is 2.58 bits per heavy atom. The molecule has 2 aliphatic rings. The van der Waals surface area contributed by atoms with Crippen molar-refractivity contribution in [2.24, 2.45) is 7.05 Å². The molecule has 6 rings (SSSR count). The average molecular weight is 528 g/mol. The van der Waals surface area contributed by atoms with Crippen LogP contribution in [0.2, 0.25) is 0 Å². The summed E-state index contributed by atoms with van der Waals surface area (Å²) in [5.41, 5.74) is 2.96. The molecule has 4 aromatic rings. The summed E-state index contributed by atoms with van der Waals surface area (Å²) in [6, 6.07) is 8.31. The molecule has 3 aromatic heterocycles. The minimum atomic E-state index is -3.14. The van der Waals surface area contributed by atoms with Crippen LogP contribution < -0.4 is 4.90 Å². The first-order valence-corrected chi connectivity index (χ1v) is 14.7. The van der Waals surface area contributed by atoms with Gasteiger partial charge in [-0.1, -0.05) is 12.1 Å². The number of fused-ring (bicyclic) bond motifs is 2. The van der Waals surface area contributed by atoms with E-state index in [1.807, 2.05) is 24.0 Å². The molecule has 0 bridgehead atoms. The number of thiophene rings is 1. The third kappa shape index (κ3) is 4.48. The molecular formula is C24H29N7O3S2. The summed E-state index contributed by atoms with van der Waals surface area (Å²) in [5, 5.41) is 5.47. The number of rotatable bonds is 5. The van der Waals surface area contributed by atoms with Gasteiger partial charge in [0.2, 0.25) is 10.0 Å². The van der Waals surface area contributed by atoms with Crippen LogP contribution in [0.3, 0.4) is 0 Å². The predicted molar refractivity (Wildman–Crippen MR) is 142 cm³/mol. The molecule has 2 aliphatic heterocycles. The fourth-order valence-corrected chi connectivity index (χ4v) is 6.95. The SMILES string of the molecule is Cn1ncc2c(-c3nc(N4CCOCC4)c4sc(CN5CCN(S(C)(=O)=O)CC5)cc4n3)cccc21. The fraction of sp³-hybridized carbons (Fsp3) is 0.458. The smallest absolute Gasteiger partial charge is 0.211 e. The van der Waals surface area contributed by atoms with Crippen LogP contribution in [0.25, 0.3) is 32.5 Å². The monoisotopic (exact) mass is 527 g/mol. The van der Waals surface area contributed by atoms with Gasteiger partial charge in [0.15, 0.2) is 11.6 Å². The number of hydrogen-bond acceptors (Lipinski definition) is 9. The van der Waals surface area contributed by atoms with E-state index in [-0.39, 0.29) is 0 Å². The highest BCUT2D eigenvalue weighted by atomic mass is 32.2. The Labute approximate surface area is 214 Å². The van der Waals surface area contributed by atoms with Crippen molar-refractivity contribution in [2.75, 3.05) is 63.6 Å². The van der Waals surface area contributed by atoms with Crippen molar-refractivity contribution in [3.8, 4) is 11.4 Å². The van der Waals surface area contributed by atoms with E-state index >= 15 is 0 Å². The molecule has 0 atom stereocenters. The lowest BCUT2D eigenvalue weighted by Gasteiger charge is -2.32. The second-order valence-electron chi connectivity index (χ2n) is 9.34. The standard InChI is InChI=1S/C24H29N7O3S2/c1-28-21-5-3-4-18(19(21)15-25-28)23-26-20-14-17(16-29-6-8-31(9-7-29)36(2,32)33)35-22(20)24(27-23)30-10-12-34-13-11-30/h3-5,14-15H,6-13,16H2,1-2H3. The Bertz CT molecular complexity index is 1520. The van der Waals surface area contributed by atoms with E-state index in [9.17, 15) is 8.42 Å². The van der Waals surface area contributed by atoms with E-state index < -0.39 is 10.0 Å². The Morgan fingerprint density at radius 1 is 1.06 bits per heavy atom. The number of ether oxygens (including phenoxy) is 1. The summed E-state index contributed by atoms with van der Waals surface area (Å²) in [6.07, 6.45) is 3.16. The highest BCUT2D eigenvalue weighted by molar-refractivity contribution is 7.88. The zero-order chi connectivity index (χ0) is 24.9. The van der Waals surface area contributed by atoms with E-state index in [4.69, 9.17) is 14.7 Å². The molecule has 36 heavy (non-hydrogen) atoms. The fourth-order valence-electron chi connectivity index (χ4n) is 4.96. The summed E-state index contributed by atoms with van der Waals surface area (Å²) in [5.74, 6) is 1.66. The topological polar surface area (TPSA) is 96.7 Å². The highest BCUT2D eigenvalue weighted by Crippen LogP contribution is 2.36. The van der Waals surface area contributed by atoms with Gasteiger partial charge in [0.1, 0.15) is 0 Å². The Morgan fingerprint density at radius 2 is 1.83 bits per heavy atom. The van der Waals surface area contributed by atoms with Gasteiger partial charge in [0, 0.05) is 68.7 Å². The number of piperazine rings is 1. The zero-order valence-electron chi connectivity index (χ0n) is 20.4. The van der Waals surface area contributed by atoms with E-state index in [1.165, 1.54) is 11.1 Å². The van der Waals surface area contributed by atoms with Crippen molar-refractivity contribution in [1.29, 1.82) is 0 Å². The van der Waals surface area contributed by atoms with E-state index in [1.54, 1.807) is 15.6 Å². The third-order valence-corrected chi connectivity index (χ3v) is 9.34. The van der Waals surface area contributed by atoms with Crippen LogP contribution in [0.15, 0.2) is 30.5 Å².